The molecule has 0 aliphatic heterocycles. The third-order valence-electron chi connectivity index (χ3n) is 2.44. The summed E-state index contributed by atoms with van der Waals surface area (Å²) in [7, 11) is -1.22. The molecule has 17 heavy (non-hydrogen) atoms. The summed E-state index contributed by atoms with van der Waals surface area (Å²) in [6, 6.07) is 5.02. The van der Waals surface area contributed by atoms with Gasteiger partial charge in [0.2, 0.25) is 0 Å². The first-order valence-electron chi connectivity index (χ1n) is 5.82. The molecule has 1 aromatic rings. The van der Waals surface area contributed by atoms with Gasteiger partial charge in [-0.1, -0.05) is 36.7 Å². The van der Waals surface area contributed by atoms with Crippen molar-refractivity contribution in [3.8, 4) is 0 Å². The van der Waals surface area contributed by atoms with Crippen molar-refractivity contribution in [2.75, 3.05) is 0 Å². The zero-order valence-corrected chi connectivity index (χ0v) is 13.8. The van der Waals surface area contributed by atoms with E-state index < -0.39 is 9.04 Å². The number of hydrogen-bond acceptors (Lipinski definition) is 1. The molecule has 0 fully saturated rings. The molecule has 1 unspecified atom stereocenters. The maximum absolute atomic E-state index is 13.9. The van der Waals surface area contributed by atoms with Crippen LogP contribution in [-0.4, -0.2) is 9.04 Å². The fourth-order valence-electron chi connectivity index (χ4n) is 1.73. The van der Waals surface area contributed by atoms with Crippen LogP contribution in [-0.2, 0) is 4.43 Å². The molecular weight excluding hydrogens is 299 g/mol. The summed E-state index contributed by atoms with van der Waals surface area (Å²) in [5, 5.41) is 0. The maximum atomic E-state index is 13.9. The highest BCUT2D eigenvalue weighted by atomic mass is 79.9. The van der Waals surface area contributed by atoms with Gasteiger partial charge in [0.15, 0.2) is 9.04 Å². The lowest BCUT2D eigenvalue weighted by molar-refractivity contribution is 0.0831. The summed E-state index contributed by atoms with van der Waals surface area (Å²) in [4.78, 5) is 0. The van der Waals surface area contributed by atoms with Gasteiger partial charge in [0, 0.05) is 10.0 Å². The maximum Gasteiger partial charge on any atom is 0.171 e. The van der Waals surface area contributed by atoms with Gasteiger partial charge in [0.05, 0.1) is 6.10 Å². The largest absolute Gasteiger partial charge is 0.413 e. The number of benzene rings is 1. The van der Waals surface area contributed by atoms with Gasteiger partial charge >= 0.3 is 0 Å². The molecule has 0 spiro atoms. The van der Waals surface area contributed by atoms with E-state index in [4.69, 9.17) is 4.43 Å². The quantitative estimate of drug-likeness (QED) is 0.735. The van der Waals surface area contributed by atoms with Gasteiger partial charge < -0.3 is 4.43 Å². The van der Waals surface area contributed by atoms with Crippen molar-refractivity contribution >= 4 is 25.0 Å². The molecule has 1 nitrogen and oxygen atoms in total. The summed E-state index contributed by atoms with van der Waals surface area (Å²) in [5.41, 5.74) is 0.534. The van der Waals surface area contributed by atoms with E-state index in [2.05, 4.69) is 49.8 Å². The van der Waals surface area contributed by atoms with E-state index in [1.54, 1.807) is 6.07 Å². The number of halogens is 2. The van der Waals surface area contributed by atoms with Gasteiger partial charge in [-0.25, -0.2) is 4.39 Å². The summed E-state index contributed by atoms with van der Waals surface area (Å²) >= 11 is 3.39. The zero-order chi connectivity index (χ0) is 13.2. The Kier molecular flexibility index (Phi) is 4.92. The van der Waals surface area contributed by atoms with E-state index in [0.29, 0.717) is 5.56 Å². The summed E-state index contributed by atoms with van der Waals surface area (Å²) in [6.07, 6.45) is -0.188. The molecule has 96 valence electrons. The van der Waals surface area contributed by atoms with Crippen LogP contribution in [0.3, 0.4) is 0 Å². The topological polar surface area (TPSA) is 9.23 Å². The highest BCUT2D eigenvalue weighted by Gasteiger charge is 2.30. The Morgan fingerprint density at radius 1 is 1.29 bits per heavy atom. The van der Waals surface area contributed by atoms with Gasteiger partial charge in [0.1, 0.15) is 5.82 Å². The monoisotopic (exact) mass is 318 g/mol. The molecule has 1 atom stereocenters. The molecule has 1 aromatic carbocycles. The average molecular weight is 319 g/mol. The second-order valence-corrected chi connectivity index (χ2v) is 8.88. The molecule has 0 heterocycles. The molecule has 0 amide bonds. The summed E-state index contributed by atoms with van der Waals surface area (Å²) in [6.45, 7) is 10.4. The summed E-state index contributed by atoms with van der Waals surface area (Å²) < 4.78 is 20.8. The predicted molar refractivity (Wildman–Crippen MR) is 76.3 cm³/mol. The molecule has 0 aromatic heterocycles. The first kappa shape index (κ1) is 14.9. The van der Waals surface area contributed by atoms with Crippen molar-refractivity contribution in [1.29, 1.82) is 0 Å². The van der Waals surface area contributed by atoms with Gasteiger partial charge in [0.25, 0.3) is 0 Å². The minimum Gasteiger partial charge on any atom is -0.413 e. The fraction of sp³-hybridized carbons (Fsp3) is 0.538. The van der Waals surface area contributed by atoms with Crippen molar-refractivity contribution in [2.24, 2.45) is 5.41 Å². The second kappa shape index (κ2) is 5.63. The molecule has 0 N–H and O–H groups in total. The van der Waals surface area contributed by atoms with Crippen LogP contribution in [0.25, 0.3) is 0 Å². The molecule has 0 aliphatic carbocycles. The highest BCUT2D eigenvalue weighted by Crippen LogP contribution is 2.38. The molecular formula is C13H20BrFOSi. The lowest BCUT2D eigenvalue weighted by Crippen LogP contribution is -2.26. The third-order valence-corrected chi connectivity index (χ3v) is 3.75. The fourth-order valence-corrected chi connectivity index (χ4v) is 3.21. The molecule has 4 heteroatoms. The Balaban J connectivity index is 3.17. The van der Waals surface area contributed by atoms with Crippen LogP contribution >= 0.6 is 15.9 Å². The number of hydrogen-bond donors (Lipinski definition) is 0. The molecule has 0 radical (unpaired) electrons. The van der Waals surface area contributed by atoms with Crippen molar-refractivity contribution < 1.29 is 8.82 Å². The van der Waals surface area contributed by atoms with Crippen LogP contribution in [0, 0.1) is 11.2 Å². The van der Waals surface area contributed by atoms with Gasteiger partial charge in [-0.15, -0.1) is 0 Å². The standard InChI is InChI=1S/C13H20BrFOSi/c1-13(2,3)12(16-17(4)5)10-8-9(14)6-7-11(10)15/h6-8,12,17H,1-5H3. The van der Waals surface area contributed by atoms with E-state index in [1.165, 1.54) is 6.07 Å². The van der Waals surface area contributed by atoms with E-state index in [9.17, 15) is 4.39 Å². The third kappa shape index (κ3) is 4.19. The molecule has 0 bridgehead atoms. The van der Waals surface area contributed by atoms with E-state index >= 15 is 0 Å². The van der Waals surface area contributed by atoms with E-state index in [0.717, 1.165) is 4.47 Å². The Labute approximate surface area is 113 Å². The van der Waals surface area contributed by atoms with Gasteiger partial charge in [-0.3, -0.25) is 0 Å². The Morgan fingerprint density at radius 3 is 2.35 bits per heavy atom. The van der Waals surface area contributed by atoms with Crippen molar-refractivity contribution in [3.05, 3.63) is 34.1 Å². The lowest BCUT2D eigenvalue weighted by Gasteiger charge is -2.33. The Morgan fingerprint density at radius 2 is 1.88 bits per heavy atom. The Bertz CT molecular complexity index is 387. The van der Waals surface area contributed by atoms with Crippen molar-refractivity contribution in [2.45, 2.75) is 40.0 Å². The lowest BCUT2D eigenvalue weighted by atomic mass is 9.84. The minimum atomic E-state index is -1.22. The average Bonchev–Trinajstić information content (AvgIpc) is 2.16. The van der Waals surface area contributed by atoms with Crippen LogP contribution < -0.4 is 0 Å². The SMILES string of the molecule is C[SiH](C)OC(c1cc(Br)ccc1F)C(C)(C)C. The highest BCUT2D eigenvalue weighted by molar-refractivity contribution is 9.10. The van der Waals surface area contributed by atoms with Crippen LogP contribution in [0.2, 0.25) is 13.1 Å². The van der Waals surface area contributed by atoms with Crippen LogP contribution in [0.4, 0.5) is 4.39 Å². The van der Waals surface area contributed by atoms with Gasteiger partial charge in [-0.2, -0.15) is 0 Å². The molecule has 0 saturated carbocycles. The Hall–Kier alpha value is -0.193. The minimum absolute atomic E-state index is 0.112. The zero-order valence-electron chi connectivity index (χ0n) is 11.1. The van der Waals surface area contributed by atoms with Gasteiger partial charge in [-0.05, 0) is 36.7 Å². The van der Waals surface area contributed by atoms with E-state index in [1.807, 2.05) is 6.07 Å². The van der Waals surface area contributed by atoms with Crippen LogP contribution in [0.1, 0.15) is 32.4 Å². The molecule has 0 saturated heterocycles. The second-order valence-electron chi connectivity index (χ2n) is 5.60. The number of rotatable bonds is 3. The normalized spacial score (nSPS) is 14.1. The molecule has 1 rings (SSSR count). The van der Waals surface area contributed by atoms with Crippen molar-refractivity contribution in [1.82, 2.24) is 0 Å². The first-order chi connectivity index (χ1) is 7.71. The van der Waals surface area contributed by atoms with Crippen LogP contribution in [0.5, 0.6) is 0 Å². The summed E-state index contributed by atoms with van der Waals surface area (Å²) in [5.74, 6) is -0.192. The van der Waals surface area contributed by atoms with Crippen LogP contribution in [0.15, 0.2) is 22.7 Å². The molecule has 0 aliphatic rings. The predicted octanol–water partition coefficient (Wildman–Crippen LogP) is 4.68. The van der Waals surface area contributed by atoms with E-state index in [-0.39, 0.29) is 17.3 Å². The smallest absolute Gasteiger partial charge is 0.171 e. The van der Waals surface area contributed by atoms with Crippen molar-refractivity contribution in [3.63, 3.8) is 0 Å². The first-order valence-corrected chi connectivity index (χ1v) is 9.39.